The zero-order valence-corrected chi connectivity index (χ0v) is 14.3. The Hall–Kier alpha value is -3.23. The van der Waals surface area contributed by atoms with E-state index in [1.54, 1.807) is 19.1 Å². The standard InChI is InChI=1S/C21H20N2O2/c1-3-25-21(24)20(11-7-10-18-8-5-4-6-9-18)23-16-22-19-14-12-17(2)13-15-19/h4-15H,3H2,1-2H3/b10-7+,20-11-. The van der Waals surface area contributed by atoms with Crippen LogP contribution in [0.1, 0.15) is 18.1 Å². The highest BCUT2D eigenvalue weighted by Crippen LogP contribution is 2.11. The smallest absolute Gasteiger partial charge is 0.357 e. The summed E-state index contributed by atoms with van der Waals surface area (Å²) >= 11 is 0. The van der Waals surface area contributed by atoms with Crippen molar-refractivity contribution in [1.29, 1.82) is 0 Å². The van der Waals surface area contributed by atoms with Gasteiger partial charge in [0, 0.05) is 0 Å². The number of benzene rings is 2. The first kappa shape index (κ1) is 18.1. The first-order valence-corrected chi connectivity index (χ1v) is 8.02. The van der Waals surface area contributed by atoms with Crippen molar-refractivity contribution in [3.05, 3.63) is 83.6 Å². The van der Waals surface area contributed by atoms with Crippen LogP contribution in [-0.4, -0.2) is 18.6 Å². The maximum atomic E-state index is 12.0. The highest BCUT2D eigenvalue weighted by Gasteiger charge is 2.07. The molecule has 2 aromatic carbocycles. The normalized spacial score (nSPS) is 11.0. The Bertz CT molecular complexity index is 813. The average Bonchev–Trinajstić information content (AvgIpc) is 2.63. The van der Waals surface area contributed by atoms with E-state index in [1.165, 1.54) is 0 Å². The fourth-order valence-electron chi connectivity index (χ4n) is 1.93. The lowest BCUT2D eigenvalue weighted by Gasteiger charge is -1.99. The Kier molecular flexibility index (Phi) is 7.11. The van der Waals surface area contributed by atoms with Crippen molar-refractivity contribution in [2.24, 2.45) is 9.98 Å². The van der Waals surface area contributed by atoms with Gasteiger partial charge in [-0.2, -0.15) is 9.98 Å². The summed E-state index contributed by atoms with van der Waals surface area (Å²) in [5.74, 6) is -0.508. The second-order valence-electron chi connectivity index (χ2n) is 5.20. The molecule has 0 unspecified atom stereocenters. The number of hydrogen-bond donors (Lipinski definition) is 0. The predicted molar refractivity (Wildman–Crippen MR) is 101 cm³/mol. The van der Waals surface area contributed by atoms with E-state index in [4.69, 9.17) is 4.74 Å². The topological polar surface area (TPSA) is 51.0 Å². The molecule has 0 saturated heterocycles. The second-order valence-corrected chi connectivity index (χ2v) is 5.20. The van der Waals surface area contributed by atoms with Crippen molar-refractivity contribution in [3.8, 4) is 0 Å². The van der Waals surface area contributed by atoms with Crippen LogP contribution in [0.4, 0.5) is 5.69 Å². The van der Waals surface area contributed by atoms with E-state index in [2.05, 4.69) is 16.0 Å². The highest BCUT2D eigenvalue weighted by molar-refractivity contribution is 5.89. The van der Waals surface area contributed by atoms with E-state index in [9.17, 15) is 4.79 Å². The van der Waals surface area contributed by atoms with Crippen LogP contribution in [0.25, 0.3) is 6.08 Å². The molecule has 4 heteroatoms. The summed E-state index contributed by atoms with van der Waals surface area (Å²) < 4.78 is 5.01. The summed E-state index contributed by atoms with van der Waals surface area (Å²) in [6.07, 6.45) is 5.22. The molecule has 25 heavy (non-hydrogen) atoms. The zero-order valence-electron chi connectivity index (χ0n) is 14.3. The molecule has 0 N–H and O–H groups in total. The molecule has 0 atom stereocenters. The quantitative estimate of drug-likeness (QED) is 0.325. The molecular formula is C21H20N2O2. The number of hydrogen-bond acceptors (Lipinski definition) is 4. The summed E-state index contributed by atoms with van der Waals surface area (Å²) in [5, 5.41) is 0. The van der Waals surface area contributed by atoms with Gasteiger partial charge < -0.3 is 4.74 Å². The number of aryl methyl sites for hydroxylation is 1. The van der Waals surface area contributed by atoms with Crippen LogP contribution in [0, 0.1) is 6.92 Å². The summed E-state index contributed by atoms with van der Waals surface area (Å²) in [4.78, 5) is 20.1. The van der Waals surface area contributed by atoms with E-state index in [-0.39, 0.29) is 12.3 Å². The third-order valence-corrected chi connectivity index (χ3v) is 3.21. The number of ether oxygens (including phenoxy) is 1. The molecule has 0 heterocycles. The molecule has 0 aliphatic heterocycles. The van der Waals surface area contributed by atoms with E-state index < -0.39 is 5.97 Å². The largest absolute Gasteiger partial charge is 0.461 e. The number of carbonyl (C=O) groups excluding carboxylic acids is 1. The van der Waals surface area contributed by atoms with Crippen molar-refractivity contribution in [1.82, 2.24) is 0 Å². The minimum atomic E-state index is -0.508. The lowest BCUT2D eigenvalue weighted by Crippen LogP contribution is -2.05. The molecule has 0 aromatic heterocycles. The van der Waals surface area contributed by atoms with Crippen LogP contribution in [0.3, 0.4) is 0 Å². The molecule has 0 radical (unpaired) electrons. The van der Waals surface area contributed by atoms with Crippen LogP contribution in [0.5, 0.6) is 0 Å². The number of allylic oxidation sites excluding steroid dienone is 2. The van der Waals surface area contributed by atoms with Gasteiger partial charge in [0.15, 0.2) is 5.70 Å². The Morgan fingerprint density at radius 3 is 2.52 bits per heavy atom. The average molecular weight is 332 g/mol. The molecule has 2 rings (SSSR count). The molecular weight excluding hydrogens is 312 g/mol. The van der Waals surface area contributed by atoms with Gasteiger partial charge in [-0.1, -0.05) is 60.2 Å². The van der Waals surface area contributed by atoms with Gasteiger partial charge in [0.05, 0.1) is 12.3 Å². The third kappa shape index (κ3) is 6.42. The van der Waals surface area contributed by atoms with E-state index in [1.807, 2.05) is 67.6 Å². The fraction of sp³-hybridized carbons (Fsp3) is 0.143. The summed E-state index contributed by atoms with van der Waals surface area (Å²) in [7, 11) is 0. The second kappa shape index (κ2) is 9.81. The van der Waals surface area contributed by atoms with Crippen molar-refractivity contribution in [3.63, 3.8) is 0 Å². The van der Waals surface area contributed by atoms with Gasteiger partial charge in [0.25, 0.3) is 0 Å². The summed E-state index contributed by atoms with van der Waals surface area (Å²) in [6, 6.07) is 20.0. The van der Waals surface area contributed by atoms with E-state index in [0.717, 1.165) is 16.8 Å². The molecule has 0 bridgehead atoms. The van der Waals surface area contributed by atoms with Gasteiger partial charge in [-0.25, -0.2) is 4.79 Å². The molecule has 2 aromatic rings. The van der Waals surface area contributed by atoms with Crippen LogP contribution in [0.2, 0.25) is 0 Å². The Labute approximate surface area is 147 Å². The molecule has 0 aliphatic carbocycles. The number of carbonyl (C=O) groups is 1. The lowest BCUT2D eigenvalue weighted by atomic mass is 10.2. The predicted octanol–water partition coefficient (Wildman–Crippen LogP) is 4.96. The van der Waals surface area contributed by atoms with Crippen LogP contribution in [-0.2, 0) is 9.53 Å². The Morgan fingerprint density at radius 1 is 1.12 bits per heavy atom. The van der Waals surface area contributed by atoms with Gasteiger partial charge in [0.2, 0.25) is 0 Å². The molecule has 126 valence electrons. The van der Waals surface area contributed by atoms with E-state index >= 15 is 0 Å². The highest BCUT2D eigenvalue weighted by atomic mass is 16.5. The van der Waals surface area contributed by atoms with Gasteiger partial charge in [-0.05, 0) is 37.6 Å². The maximum Gasteiger partial charge on any atom is 0.357 e. The SMILES string of the molecule is CCOC(=O)/C(=C/C=C/c1ccccc1)N=C=Nc1ccc(C)cc1. The monoisotopic (exact) mass is 332 g/mol. The maximum absolute atomic E-state index is 12.0. The van der Waals surface area contributed by atoms with Crippen LogP contribution in [0.15, 0.2) is 82.4 Å². The lowest BCUT2D eigenvalue weighted by molar-refractivity contribution is -0.138. The molecule has 0 amide bonds. The van der Waals surface area contributed by atoms with Crippen molar-refractivity contribution < 1.29 is 9.53 Å². The van der Waals surface area contributed by atoms with Gasteiger partial charge >= 0.3 is 5.97 Å². The molecule has 0 saturated carbocycles. The summed E-state index contributed by atoms with van der Waals surface area (Å²) in [6.45, 7) is 4.03. The minimum Gasteiger partial charge on any atom is -0.461 e. The number of esters is 1. The molecule has 0 spiro atoms. The molecule has 4 nitrogen and oxygen atoms in total. The van der Waals surface area contributed by atoms with Gasteiger partial charge in [-0.3, -0.25) is 0 Å². The van der Waals surface area contributed by atoms with E-state index in [0.29, 0.717) is 0 Å². The zero-order chi connectivity index (χ0) is 17.9. The fourth-order valence-corrected chi connectivity index (χ4v) is 1.93. The molecule has 0 aliphatic rings. The minimum absolute atomic E-state index is 0.143. The number of nitrogens with zero attached hydrogens (tertiary/aromatic N) is 2. The number of rotatable bonds is 6. The molecule has 0 fully saturated rings. The Balaban J connectivity index is 2.18. The van der Waals surface area contributed by atoms with Crippen LogP contribution < -0.4 is 0 Å². The first-order chi connectivity index (χ1) is 12.2. The summed E-state index contributed by atoms with van der Waals surface area (Å²) in [5.41, 5.74) is 3.04. The van der Waals surface area contributed by atoms with Gasteiger partial charge in [0.1, 0.15) is 6.01 Å². The Morgan fingerprint density at radius 2 is 1.84 bits per heavy atom. The van der Waals surface area contributed by atoms with Gasteiger partial charge in [-0.15, -0.1) is 0 Å². The van der Waals surface area contributed by atoms with Crippen molar-refractivity contribution >= 4 is 23.7 Å². The third-order valence-electron chi connectivity index (χ3n) is 3.21. The van der Waals surface area contributed by atoms with Crippen molar-refractivity contribution in [2.75, 3.05) is 6.61 Å². The first-order valence-electron chi connectivity index (χ1n) is 8.02. The van der Waals surface area contributed by atoms with Crippen molar-refractivity contribution in [2.45, 2.75) is 13.8 Å². The van der Waals surface area contributed by atoms with Crippen LogP contribution >= 0.6 is 0 Å². The number of aliphatic imine (C=N–C) groups is 2.